The maximum Gasteiger partial charge on any atom is 0.326 e. The van der Waals surface area contributed by atoms with Crippen molar-refractivity contribution in [3.8, 4) is 5.75 Å². The van der Waals surface area contributed by atoms with Gasteiger partial charge >= 0.3 is 5.97 Å². The zero-order valence-corrected chi connectivity index (χ0v) is 16.4. The first-order valence-electron chi connectivity index (χ1n) is 7.69. The van der Waals surface area contributed by atoms with Crippen molar-refractivity contribution < 1.29 is 19.1 Å². The summed E-state index contributed by atoms with van der Waals surface area (Å²) in [6, 6.07) is 8.74. The normalized spacial score (nSPS) is 11.7. The molecule has 0 aliphatic rings. The number of hydrogen-bond donors (Lipinski definition) is 0. The molecule has 0 saturated heterocycles. The Balaban J connectivity index is 2.10. The maximum atomic E-state index is 12.4. The minimum atomic E-state index is -0.405. The van der Waals surface area contributed by atoms with Gasteiger partial charge in [0.1, 0.15) is 12.3 Å². The molecule has 136 valence electrons. The second-order valence-corrected chi connectivity index (χ2v) is 7.85. The van der Waals surface area contributed by atoms with E-state index in [0.29, 0.717) is 19.8 Å². The minimum absolute atomic E-state index is 0.0303. The first-order valence-corrected chi connectivity index (χ1v) is 9.70. The largest absolute Gasteiger partial charge is 0.497 e. The van der Waals surface area contributed by atoms with Crippen LogP contribution < -0.4 is 9.54 Å². The molecule has 0 saturated carbocycles. The molecule has 2 heterocycles. The van der Waals surface area contributed by atoms with Gasteiger partial charge in [-0.2, -0.15) is 4.99 Å². The topological polar surface area (TPSA) is 69.9 Å². The van der Waals surface area contributed by atoms with Crippen molar-refractivity contribution in [2.45, 2.75) is 13.5 Å². The molecule has 0 spiro atoms. The Hall–Kier alpha value is -2.16. The molecule has 0 aliphatic heterocycles. The lowest BCUT2D eigenvalue weighted by atomic mass is 10.3. The van der Waals surface area contributed by atoms with E-state index in [2.05, 4.69) is 4.99 Å². The van der Waals surface area contributed by atoms with Crippen LogP contribution in [0.2, 0.25) is 4.34 Å². The fraction of sp³-hybridized carbons (Fsp3) is 0.235. The number of benzene rings is 1. The van der Waals surface area contributed by atoms with E-state index in [0.717, 1.165) is 21.6 Å². The van der Waals surface area contributed by atoms with Gasteiger partial charge in [-0.25, -0.2) is 0 Å². The van der Waals surface area contributed by atoms with Crippen molar-refractivity contribution in [1.29, 1.82) is 0 Å². The number of halogens is 1. The van der Waals surface area contributed by atoms with Crippen LogP contribution in [0.15, 0.2) is 35.3 Å². The van der Waals surface area contributed by atoms with Crippen molar-refractivity contribution >= 4 is 56.4 Å². The molecule has 6 nitrogen and oxygen atoms in total. The lowest BCUT2D eigenvalue weighted by molar-refractivity contribution is -0.143. The van der Waals surface area contributed by atoms with E-state index in [1.54, 1.807) is 36.8 Å². The molecule has 0 radical (unpaired) electrons. The first-order chi connectivity index (χ1) is 12.5. The number of amides is 1. The van der Waals surface area contributed by atoms with Gasteiger partial charge in [-0.3, -0.25) is 9.59 Å². The van der Waals surface area contributed by atoms with Crippen LogP contribution in [0, 0.1) is 0 Å². The molecular weight excluding hydrogens is 396 g/mol. The standard InChI is InChI=1S/C17H15ClN2O4S2/c1-3-24-15(21)9-20-11-5-4-10(23-2)8-13(11)26-17(20)19-16(22)12-6-7-14(18)25-12/h4-8H,3,9H2,1-2H3. The Kier molecular flexibility index (Phi) is 5.75. The number of carbonyl (C=O) groups excluding carboxylic acids is 2. The Morgan fingerprint density at radius 1 is 1.23 bits per heavy atom. The number of esters is 1. The van der Waals surface area contributed by atoms with Gasteiger partial charge in [-0.1, -0.05) is 22.9 Å². The predicted molar refractivity (Wildman–Crippen MR) is 102 cm³/mol. The SMILES string of the molecule is CCOC(=O)Cn1c(=NC(=O)c2ccc(Cl)s2)sc2cc(OC)ccc21. The molecule has 2 aromatic heterocycles. The molecule has 0 aliphatic carbocycles. The molecule has 9 heteroatoms. The quantitative estimate of drug-likeness (QED) is 0.601. The van der Waals surface area contributed by atoms with Crippen LogP contribution in [-0.2, 0) is 16.1 Å². The Labute approximate surface area is 162 Å². The van der Waals surface area contributed by atoms with Crippen molar-refractivity contribution in [2.24, 2.45) is 4.99 Å². The third-order valence-corrected chi connectivity index (χ3v) is 5.72. The molecule has 1 amide bonds. The highest BCUT2D eigenvalue weighted by Crippen LogP contribution is 2.24. The predicted octanol–water partition coefficient (Wildman–Crippen LogP) is 3.73. The van der Waals surface area contributed by atoms with Gasteiger partial charge in [0.05, 0.1) is 33.1 Å². The first kappa shape index (κ1) is 18.6. The van der Waals surface area contributed by atoms with E-state index in [9.17, 15) is 9.59 Å². The van der Waals surface area contributed by atoms with Crippen molar-refractivity contribution in [1.82, 2.24) is 4.57 Å². The van der Waals surface area contributed by atoms with Gasteiger partial charge in [-0.15, -0.1) is 11.3 Å². The molecule has 3 rings (SSSR count). The summed E-state index contributed by atoms with van der Waals surface area (Å²) in [7, 11) is 1.58. The van der Waals surface area contributed by atoms with Gasteiger partial charge in [0.2, 0.25) is 0 Å². The van der Waals surface area contributed by atoms with E-state index < -0.39 is 11.9 Å². The molecule has 0 N–H and O–H groups in total. The summed E-state index contributed by atoms with van der Waals surface area (Å²) in [6.07, 6.45) is 0. The number of rotatable bonds is 5. The van der Waals surface area contributed by atoms with Crippen LogP contribution in [0.5, 0.6) is 5.75 Å². The van der Waals surface area contributed by atoms with E-state index >= 15 is 0 Å². The number of methoxy groups -OCH3 is 1. The van der Waals surface area contributed by atoms with E-state index in [1.165, 1.54) is 11.3 Å². The fourth-order valence-electron chi connectivity index (χ4n) is 2.33. The smallest absolute Gasteiger partial charge is 0.326 e. The van der Waals surface area contributed by atoms with E-state index in [4.69, 9.17) is 21.1 Å². The summed E-state index contributed by atoms with van der Waals surface area (Å²) in [6.45, 7) is 2.00. The lowest BCUT2D eigenvalue weighted by Gasteiger charge is -2.05. The summed E-state index contributed by atoms with van der Waals surface area (Å²) in [4.78, 5) is 29.5. The number of fused-ring (bicyclic) bond motifs is 1. The van der Waals surface area contributed by atoms with Crippen molar-refractivity contribution in [3.63, 3.8) is 0 Å². The van der Waals surface area contributed by atoms with Gasteiger partial charge in [0.15, 0.2) is 4.80 Å². The highest BCUT2D eigenvalue weighted by molar-refractivity contribution is 7.18. The van der Waals surface area contributed by atoms with Crippen LogP contribution in [0.3, 0.4) is 0 Å². The van der Waals surface area contributed by atoms with Gasteiger partial charge < -0.3 is 14.0 Å². The minimum Gasteiger partial charge on any atom is -0.497 e. The van der Waals surface area contributed by atoms with Gasteiger partial charge in [-0.05, 0) is 37.3 Å². The number of ether oxygens (including phenoxy) is 2. The van der Waals surface area contributed by atoms with Crippen LogP contribution in [-0.4, -0.2) is 30.2 Å². The monoisotopic (exact) mass is 410 g/mol. The van der Waals surface area contributed by atoms with E-state index in [-0.39, 0.29) is 13.2 Å². The Bertz CT molecular complexity index is 1030. The molecule has 0 atom stereocenters. The second kappa shape index (κ2) is 8.03. The van der Waals surface area contributed by atoms with Gasteiger partial charge in [0, 0.05) is 0 Å². The second-order valence-electron chi connectivity index (χ2n) is 5.13. The zero-order valence-electron chi connectivity index (χ0n) is 14.0. The van der Waals surface area contributed by atoms with Crippen LogP contribution in [0.25, 0.3) is 10.2 Å². The highest BCUT2D eigenvalue weighted by atomic mass is 35.5. The fourth-order valence-corrected chi connectivity index (χ4v) is 4.31. The number of thiophene rings is 1. The number of hydrogen-bond acceptors (Lipinski definition) is 6. The molecular formula is C17H15ClN2O4S2. The lowest BCUT2D eigenvalue weighted by Crippen LogP contribution is -2.23. The summed E-state index contributed by atoms with van der Waals surface area (Å²) >= 11 is 8.35. The third kappa shape index (κ3) is 3.98. The zero-order chi connectivity index (χ0) is 18.7. The molecule has 26 heavy (non-hydrogen) atoms. The molecule has 0 bridgehead atoms. The summed E-state index contributed by atoms with van der Waals surface area (Å²) in [5.41, 5.74) is 0.777. The third-order valence-electron chi connectivity index (χ3n) is 3.46. The maximum absolute atomic E-state index is 12.4. The number of nitrogens with zero attached hydrogens (tertiary/aromatic N) is 2. The van der Waals surface area contributed by atoms with Crippen molar-refractivity contribution in [3.05, 3.63) is 44.3 Å². The summed E-state index contributed by atoms with van der Waals surface area (Å²) in [5, 5.41) is 0. The van der Waals surface area contributed by atoms with Crippen LogP contribution >= 0.6 is 34.3 Å². The summed E-state index contributed by atoms with van der Waals surface area (Å²) in [5.74, 6) is -0.112. The Morgan fingerprint density at radius 3 is 2.69 bits per heavy atom. The number of aromatic nitrogens is 1. The number of thiazole rings is 1. The van der Waals surface area contributed by atoms with Crippen molar-refractivity contribution in [2.75, 3.05) is 13.7 Å². The molecule has 3 aromatic rings. The molecule has 1 aromatic carbocycles. The van der Waals surface area contributed by atoms with Gasteiger partial charge in [0.25, 0.3) is 5.91 Å². The average molecular weight is 411 g/mol. The highest BCUT2D eigenvalue weighted by Gasteiger charge is 2.14. The molecule has 0 fully saturated rings. The summed E-state index contributed by atoms with van der Waals surface area (Å²) < 4.78 is 13.3. The number of carbonyl (C=O) groups is 2. The Morgan fingerprint density at radius 2 is 2.04 bits per heavy atom. The molecule has 0 unspecified atom stereocenters. The van der Waals surface area contributed by atoms with Crippen LogP contribution in [0.1, 0.15) is 16.6 Å². The van der Waals surface area contributed by atoms with Crippen LogP contribution in [0.4, 0.5) is 0 Å². The van der Waals surface area contributed by atoms with E-state index in [1.807, 2.05) is 12.1 Å². The average Bonchev–Trinajstić information content (AvgIpc) is 3.19.